The van der Waals surface area contributed by atoms with Gasteiger partial charge in [-0.25, -0.2) is 9.97 Å². The highest BCUT2D eigenvalue weighted by atomic mass is 16.1. The number of nitrogens with zero attached hydrogens (tertiary/aromatic N) is 3. The Kier molecular flexibility index (Phi) is 4.90. The quantitative estimate of drug-likeness (QED) is 0.571. The minimum atomic E-state index is -0.199. The van der Waals surface area contributed by atoms with E-state index in [1.54, 1.807) is 6.20 Å². The van der Waals surface area contributed by atoms with E-state index in [1.807, 2.05) is 24.3 Å². The van der Waals surface area contributed by atoms with E-state index in [0.29, 0.717) is 18.8 Å². The van der Waals surface area contributed by atoms with Gasteiger partial charge in [-0.05, 0) is 25.1 Å². The molecule has 0 aliphatic rings. The third-order valence-corrected chi connectivity index (χ3v) is 3.34. The Labute approximate surface area is 133 Å². The molecule has 0 fully saturated rings. The van der Waals surface area contributed by atoms with Crippen molar-refractivity contribution in [2.45, 2.75) is 13.0 Å². The van der Waals surface area contributed by atoms with Crippen LogP contribution < -0.4 is 10.6 Å². The molecule has 2 aromatic heterocycles. The van der Waals surface area contributed by atoms with Crippen LogP contribution in [0, 0.1) is 0 Å². The zero-order valence-corrected chi connectivity index (χ0v) is 12.6. The van der Waals surface area contributed by atoms with Gasteiger partial charge in [0.15, 0.2) is 0 Å². The molecule has 0 spiro atoms. The highest BCUT2D eigenvalue weighted by molar-refractivity contribution is 5.91. The third-order valence-electron chi connectivity index (χ3n) is 3.34. The summed E-state index contributed by atoms with van der Waals surface area (Å²) >= 11 is 0. The Morgan fingerprint density at radius 3 is 2.91 bits per heavy atom. The van der Waals surface area contributed by atoms with E-state index in [-0.39, 0.29) is 5.91 Å². The first-order valence-electron chi connectivity index (χ1n) is 7.51. The molecule has 118 valence electrons. The molecule has 3 rings (SSSR count). The fraction of sp³-hybridized carbons (Fsp3) is 0.250. The molecule has 0 radical (unpaired) electrons. The van der Waals surface area contributed by atoms with Crippen molar-refractivity contribution in [3.8, 4) is 0 Å². The number of hydrogen-bond acceptors (Lipinski definition) is 5. The standard InChI is InChI=1S/C16H18N6O/c23-16(14-10-18-8-9-19-14)20-7-3-6-17-11-15-21-12-4-1-2-5-13(12)22-15/h1-2,4-5,8-10,17H,3,6-7,11H2,(H,20,23)(H,21,22). The molecule has 1 aromatic carbocycles. The normalized spacial score (nSPS) is 10.8. The summed E-state index contributed by atoms with van der Waals surface area (Å²) in [6.45, 7) is 2.05. The molecule has 0 atom stereocenters. The molecule has 7 nitrogen and oxygen atoms in total. The summed E-state index contributed by atoms with van der Waals surface area (Å²) in [5.41, 5.74) is 2.35. The van der Waals surface area contributed by atoms with Crippen molar-refractivity contribution < 1.29 is 4.79 Å². The molecule has 1 amide bonds. The van der Waals surface area contributed by atoms with Crippen molar-refractivity contribution in [2.24, 2.45) is 0 Å². The fourth-order valence-corrected chi connectivity index (χ4v) is 2.22. The van der Waals surface area contributed by atoms with Crippen molar-refractivity contribution >= 4 is 16.9 Å². The Hall–Kier alpha value is -2.80. The van der Waals surface area contributed by atoms with Gasteiger partial charge in [-0.15, -0.1) is 0 Å². The molecule has 7 heteroatoms. The minimum absolute atomic E-state index is 0.199. The maximum atomic E-state index is 11.7. The second kappa shape index (κ2) is 7.46. The first kappa shape index (κ1) is 15.1. The molecule has 0 saturated heterocycles. The van der Waals surface area contributed by atoms with Crippen LogP contribution in [0.15, 0.2) is 42.9 Å². The molecular weight excluding hydrogens is 292 g/mol. The van der Waals surface area contributed by atoms with E-state index in [4.69, 9.17) is 0 Å². The molecule has 3 N–H and O–H groups in total. The predicted octanol–water partition coefficient (Wildman–Crippen LogP) is 1.26. The number of imidazole rings is 1. The number of aromatic amines is 1. The summed E-state index contributed by atoms with van der Waals surface area (Å²) in [5.74, 6) is 0.713. The van der Waals surface area contributed by atoms with Crippen LogP contribution in [0.3, 0.4) is 0 Å². The first-order valence-corrected chi connectivity index (χ1v) is 7.51. The van der Waals surface area contributed by atoms with Crippen molar-refractivity contribution in [1.29, 1.82) is 0 Å². The van der Waals surface area contributed by atoms with Crippen LogP contribution >= 0.6 is 0 Å². The van der Waals surface area contributed by atoms with Crippen LogP contribution in [-0.4, -0.2) is 38.9 Å². The average molecular weight is 310 g/mol. The summed E-state index contributed by atoms with van der Waals surface area (Å²) in [5, 5.41) is 6.12. The van der Waals surface area contributed by atoms with Gasteiger partial charge in [0.1, 0.15) is 11.5 Å². The van der Waals surface area contributed by atoms with Gasteiger partial charge in [-0.3, -0.25) is 9.78 Å². The van der Waals surface area contributed by atoms with Crippen molar-refractivity contribution in [1.82, 2.24) is 30.6 Å². The Morgan fingerprint density at radius 1 is 1.17 bits per heavy atom. The number of para-hydroxylation sites is 2. The number of H-pyrrole nitrogens is 1. The van der Waals surface area contributed by atoms with E-state index in [0.717, 1.165) is 29.8 Å². The summed E-state index contributed by atoms with van der Waals surface area (Å²) < 4.78 is 0. The number of benzene rings is 1. The monoisotopic (exact) mass is 310 g/mol. The number of carbonyl (C=O) groups is 1. The number of hydrogen-bond donors (Lipinski definition) is 3. The van der Waals surface area contributed by atoms with Crippen LogP contribution in [0.4, 0.5) is 0 Å². The molecule has 3 aromatic rings. The van der Waals surface area contributed by atoms with E-state index >= 15 is 0 Å². The number of rotatable bonds is 7. The molecule has 2 heterocycles. The number of nitrogens with one attached hydrogen (secondary N) is 3. The molecule has 0 unspecified atom stereocenters. The van der Waals surface area contributed by atoms with Crippen LogP contribution in [0.2, 0.25) is 0 Å². The molecule has 0 aliphatic carbocycles. The van der Waals surface area contributed by atoms with E-state index < -0.39 is 0 Å². The topological polar surface area (TPSA) is 95.6 Å². The van der Waals surface area contributed by atoms with Crippen LogP contribution in [-0.2, 0) is 6.54 Å². The zero-order valence-electron chi connectivity index (χ0n) is 12.6. The van der Waals surface area contributed by atoms with E-state index in [1.165, 1.54) is 12.4 Å². The summed E-state index contributed by atoms with van der Waals surface area (Å²) in [7, 11) is 0. The molecule has 0 saturated carbocycles. The van der Waals surface area contributed by atoms with Gasteiger partial charge in [0.2, 0.25) is 0 Å². The summed E-state index contributed by atoms with van der Waals surface area (Å²) in [4.78, 5) is 27.3. The minimum Gasteiger partial charge on any atom is -0.351 e. The van der Waals surface area contributed by atoms with Gasteiger partial charge >= 0.3 is 0 Å². The largest absolute Gasteiger partial charge is 0.351 e. The second-order valence-electron chi connectivity index (χ2n) is 5.08. The Morgan fingerprint density at radius 2 is 2.09 bits per heavy atom. The maximum Gasteiger partial charge on any atom is 0.271 e. The average Bonchev–Trinajstić information content (AvgIpc) is 3.01. The van der Waals surface area contributed by atoms with Gasteiger partial charge < -0.3 is 15.6 Å². The Bertz CT molecular complexity index is 737. The number of fused-ring (bicyclic) bond motifs is 1. The van der Waals surface area contributed by atoms with Gasteiger partial charge in [-0.2, -0.15) is 0 Å². The van der Waals surface area contributed by atoms with Gasteiger partial charge in [0, 0.05) is 18.9 Å². The van der Waals surface area contributed by atoms with Crippen molar-refractivity contribution in [3.05, 3.63) is 54.4 Å². The van der Waals surface area contributed by atoms with Crippen molar-refractivity contribution in [3.63, 3.8) is 0 Å². The smallest absolute Gasteiger partial charge is 0.271 e. The van der Waals surface area contributed by atoms with Crippen LogP contribution in [0.5, 0.6) is 0 Å². The van der Waals surface area contributed by atoms with E-state index in [9.17, 15) is 4.79 Å². The van der Waals surface area contributed by atoms with Gasteiger partial charge in [-0.1, -0.05) is 12.1 Å². The molecular formula is C16H18N6O. The summed E-state index contributed by atoms with van der Waals surface area (Å²) in [6, 6.07) is 7.95. The first-order chi connectivity index (χ1) is 11.3. The lowest BCUT2D eigenvalue weighted by Crippen LogP contribution is -2.28. The lowest BCUT2D eigenvalue weighted by molar-refractivity contribution is 0.0948. The number of aromatic nitrogens is 4. The van der Waals surface area contributed by atoms with Crippen LogP contribution in [0.1, 0.15) is 22.7 Å². The summed E-state index contributed by atoms with van der Waals surface area (Å²) in [6.07, 6.45) is 5.32. The highest BCUT2D eigenvalue weighted by Crippen LogP contribution is 2.09. The highest BCUT2D eigenvalue weighted by Gasteiger charge is 2.05. The molecule has 0 aliphatic heterocycles. The predicted molar refractivity (Wildman–Crippen MR) is 86.8 cm³/mol. The van der Waals surface area contributed by atoms with Crippen LogP contribution in [0.25, 0.3) is 11.0 Å². The second-order valence-corrected chi connectivity index (χ2v) is 5.08. The van der Waals surface area contributed by atoms with Crippen molar-refractivity contribution in [2.75, 3.05) is 13.1 Å². The fourth-order valence-electron chi connectivity index (χ4n) is 2.22. The van der Waals surface area contributed by atoms with E-state index in [2.05, 4.69) is 30.6 Å². The number of carbonyl (C=O) groups excluding carboxylic acids is 1. The SMILES string of the molecule is O=C(NCCCNCc1nc2ccccc2[nH]1)c1cnccn1. The molecule has 0 bridgehead atoms. The zero-order chi connectivity index (χ0) is 15.9. The molecule has 23 heavy (non-hydrogen) atoms. The lowest BCUT2D eigenvalue weighted by atomic mass is 10.3. The van der Waals surface area contributed by atoms with Gasteiger partial charge in [0.25, 0.3) is 5.91 Å². The third kappa shape index (κ3) is 4.10. The maximum absolute atomic E-state index is 11.7. The van der Waals surface area contributed by atoms with Gasteiger partial charge in [0.05, 0.1) is 23.8 Å². The number of amides is 1. The lowest BCUT2D eigenvalue weighted by Gasteiger charge is -2.05. The Balaban J connectivity index is 1.35.